The smallest absolute Gasteiger partial charge is 0.399 e. The van der Waals surface area contributed by atoms with Crippen LogP contribution in [-0.4, -0.2) is 18.3 Å². The number of rotatable bonds is 1. The van der Waals surface area contributed by atoms with Crippen LogP contribution in [0.4, 0.5) is 0 Å². The summed E-state index contributed by atoms with van der Waals surface area (Å²) in [6.07, 6.45) is 2.07. The molecule has 0 saturated carbocycles. The summed E-state index contributed by atoms with van der Waals surface area (Å²) in [4.78, 5) is 0. The fourth-order valence-corrected chi connectivity index (χ4v) is 2.24. The summed E-state index contributed by atoms with van der Waals surface area (Å²) >= 11 is 0. The molecule has 2 aliphatic rings. The third-order valence-corrected chi connectivity index (χ3v) is 4.34. The molecule has 2 N–H and O–H groups in total. The summed E-state index contributed by atoms with van der Waals surface area (Å²) < 4.78 is 12.1. The molecule has 0 aromatic heterocycles. The zero-order valence-electron chi connectivity index (χ0n) is 11.6. The van der Waals surface area contributed by atoms with E-state index in [1.54, 1.807) is 0 Å². The molecule has 4 heteroatoms. The van der Waals surface area contributed by atoms with Crippen LogP contribution in [0.15, 0.2) is 22.8 Å². The summed E-state index contributed by atoms with van der Waals surface area (Å²) in [5.41, 5.74) is 8.52. The lowest BCUT2D eigenvalue weighted by molar-refractivity contribution is 0.00578. The molecule has 1 unspecified atom stereocenters. The standard InChI is InChI=1S/C13H22BNO2/c1-8-7-10(15)11(9(8)2)14-16-12(3,4)13(5,6)17-14/h7-8H,15H2,1-6H3. The minimum atomic E-state index is -0.332. The molecule has 0 aromatic rings. The molecule has 2 rings (SSSR count). The van der Waals surface area contributed by atoms with Crippen LogP contribution in [0.25, 0.3) is 0 Å². The van der Waals surface area contributed by atoms with Crippen molar-refractivity contribution in [3.8, 4) is 0 Å². The Labute approximate surface area is 104 Å². The Morgan fingerprint density at radius 2 is 1.65 bits per heavy atom. The average molecular weight is 235 g/mol. The van der Waals surface area contributed by atoms with Crippen LogP contribution in [0, 0.1) is 5.92 Å². The molecule has 1 saturated heterocycles. The van der Waals surface area contributed by atoms with Gasteiger partial charge in [-0.05, 0) is 40.5 Å². The fourth-order valence-electron chi connectivity index (χ4n) is 2.24. The van der Waals surface area contributed by atoms with Gasteiger partial charge in [-0.25, -0.2) is 0 Å². The van der Waals surface area contributed by atoms with Crippen LogP contribution >= 0.6 is 0 Å². The quantitative estimate of drug-likeness (QED) is 0.710. The molecule has 0 radical (unpaired) electrons. The van der Waals surface area contributed by atoms with E-state index in [9.17, 15) is 0 Å². The second kappa shape index (κ2) is 3.63. The summed E-state index contributed by atoms with van der Waals surface area (Å²) in [5, 5.41) is 0. The van der Waals surface area contributed by atoms with Crippen molar-refractivity contribution in [2.75, 3.05) is 0 Å². The van der Waals surface area contributed by atoms with E-state index >= 15 is 0 Å². The number of hydrogen-bond donors (Lipinski definition) is 1. The maximum absolute atomic E-state index is 6.06. The Bertz CT molecular complexity index is 394. The Balaban J connectivity index is 2.32. The number of hydrogen-bond acceptors (Lipinski definition) is 3. The second-order valence-electron chi connectivity index (χ2n) is 6.10. The lowest BCUT2D eigenvalue weighted by Crippen LogP contribution is -2.41. The van der Waals surface area contributed by atoms with Gasteiger partial charge in [-0.1, -0.05) is 18.6 Å². The molecular formula is C13H22BNO2. The van der Waals surface area contributed by atoms with Gasteiger partial charge in [0, 0.05) is 11.2 Å². The molecule has 0 spiro atoms. The monoisotopic (exact) mass is 235 g/mol. The van der Waals surface area contributed by atoms with Crippen LogP contribution in [-0.2, 0) is 9.31 Å². The predicted molar refractivity (Wildman–Crippen MR) is 70.2 cm³/mol. The van der Waals surface area contributed by atoms with Gasteiger partial charge < -0.3 is 15.0 Å². The van der Waals surface area contributed by atoms with E-state index in [1.807, 2.05) is 0 Å². The molecule has 1 fully saturated rings. The first kappa shape index (κ1) is 12.7. The highest BCUT2D eigenvalue weighted by Crippen LogP contribution is 2.42. The van der Waals surface area contributed by atoms with Crippen molar-refractivity contribution in [3.05, 3.63) is 22.8 Å². The number of allylic oxidation sites excluding steroid dienone is 3. The zero-order chi connectivity index (χ0) is 13.0. The Kier molecular flexibility index (Phi) is 2.71. The molecule has 0 amide bonds. The van der Waals surface area contributed by atoms with Gasteiger partial charge in [0.1, 0.15) is 0 Å². The highest BCUT2D eigenvalue weighted by Gasteiger charge is 2.53. The average Bonchev–Trinajstić information content (AvgIpc) is 2.49. The minimum Gasteiger partial charge on any atom is -0.399 e. The first-order chi connectivity index (χ1) is 7.66. The van der Waals surface area contributed by atoms with Crippen LogP contribution < -0.4 is 5.73 Å². The molecule has 0 aromatic carbocycles. The van der Waals surface area contributed by atoms with E-state index in [2.05, 4.69) is 47.6 Å². The van der Waals surface area contributed by atoms with Gasteiger partial charge in [-0.3, -0.25) is 0 Å². The molecule has 17 heavy (non-hydrogen) atoms. The summed E-state index contributed by atoms with van der Waals surface area (Å²) in [6.45, 7) is 12.5. The van der Waals surface area contributed by atoms with Crippen molar-refractivity contribution in [2.45, 2.75) is 52.7 Å². The van der Waals surface area contributed by atoms with Crippen molar-refractivity contribution in [1.82, 2.24) is 0 Å². The first-order valence-corrected chi connectivity index (χ1v) is 6.20. The fraction of sp³-hybridized carbons (Fsp3) is 0.692. The largest absolute Gasteiger partial charge is 0.496 e. The Hall–Kier alpha value is -0.735. The molecule has 1 aliphatic carbocycles. The zero-order valence-corrected chi connectivity index (χ0v) is 11.6. The van der Waals surface area contributed by atoms with Crippen LogP contribution in [0.1, 0.15) is 41.5 Å². The lowest BCUT2D eigenvalue weighted by atomic mass is 9.75. The molecular weight excluding hydrogens is 213 g/mol. The molecule has 1 atom stereocenters. The normalized spacial score (nSPS) is 31.1. The van der Waals surface area contributed by atoms with Gasteiger partial charge >= 0.3 is 7.12 Å². The highest BCUT2D eigenvalue weighted by molar-refractivity contribution is 6.56. The van der Waals surface area contributed by atoms with Crippen LogP contribution in [0.5, 0.6) is 0 Å². The van der Waals surface area contributed by atoms with Gasteiger partial charge in [0.25, 0.3) is 0 Å². The van der Waals surface area contributed by atoms with Gasteiger partial charge in [-0.2, -0.15) is 0 Å². The number of nitrogens with two attached hydrogens (primary N) is 1. The lowest BCUT2D eigenvalue weighted by Gasteiger charge is -2.32. The summed E-state index contributed by atoms with van der Waals surface area (Å²) in [7, 11) is -0.332. The van der Waals surface area contributed by atoms with E-state index in [0.29, 0.717) is 5.92 Å². The summed E-state index contributed by atoms with van der Waals surface area (Å²) in [5.74, 6) is 0.379. The predicted octanol–water partition coefficient (Wildman–Crippen LogP) is 2.43. The van der Waals surface area contributed by atoms with Crippen LogP contribution in [0.2, 0.25) is 0 Å². The SMILES string of the molecule is CC1=C(B2OC(C)(C)C(C)(C)O2)C(N)=CC1C. The third kappa shape index (κ3) is 1.83. The van der Waals surface area contributed by atoms with E-state index < -0.39 is 0 Å². The molecule has 94 valence electrons. The van der Waals surface area contributed by atoms with Crippen molar-refractivity contribution in [1.29, 1.82) is 0 Å². The van der Waals surface area contributed by atoms with E-state index in [-0.39, 0.29) is 18.3 Å². The van der Waals surface area contributed by atoms with Gasteiger partial charge in [-0.15, -0.1) is 0 Å². The second-order valence-corrected chi connectivity index (χ2v) is 6.10. The Morgan fingerprint density at radius 3 is 2.00 bits per heavy atom. The maximum Gasteiger partial charge on any atom is 0.496 e. The van der Waals surface area contributed by atoms with Crippen molar-refractivity contribution in [2.24, 2.45) is 11.7 Å². The van der Waals surface area contributed by atoms with E-state index in [0.717, 1.165) is 11.2 Å². The molecule has 1 aliphatic heterocycles. The van der Waals surface area contributed by atoms with Gasteiger partial charge in [0.15, 0.2) is 0 Å². The van der Waals surface area contributed by atoms with Crippen molar-refractivity contribution in [3.63, 3.8) is 0 Å². The third-order valence-electron chi connectivity index (χ3n) is 4.34. The topological polar surface area (TPSA) is 44.5 Å². The van der Waals surface area contributed by atoms with E-state index in [1.165, 1.54) is 5.57 Å². The molecule has 1 heterocycles. The van der Waals surface area contributed by atoms with E-state index in [4.69, 9.17) is 15.0 Å². The van der Waals surface area contributed by atoms with Crippen LogP contribution in [0.3, 0.4) is 0 Å². The van der Waals surface area contributed by atoms with Gasteiger partial charge in [0.05, 0.1) is 11.2 Å². The van der Waals surface area contributed by atoms with Gasteiger partial charge in [0.2, 0.25) is 0 Å². The molecule has 3 nitrogen and oxygen atoms in total. The summed E-state index contributed by atoms with van der Waals surface area (Å²) in [6, 6.07) is 0. The molecule has 0 bridgehead atoms. The highest BCUT2D eigenvalue weighted by atomic mass is 16.7. The van der Waals surface area contributed by atoms with Crippen molar-refractivity contribution < 1.29 is 9.31 Å². The maximum atomic E-state index is 6.06. The Morgan fingerprint density at radius 1 is 1.18 bits per heavy atom. The minimum absolute atomic E-state index is 0.308. The first-order valence-electron chi connectivity index (χ1n) is 6.20. The van der Waals surface area contributed by atoms with Crippen molar-refractivity contribution >= 4 is 7.12 Å².